The van der Waals surface area contributed by atoms with Crippen molar-refractivity contribution in [1.82, 2.24) is 0 Å². The molecule has 0 heterocycles. The third-order valence-corrected chi connectivity index (χ3v) is 12.5. The maximum absolute atomic E-state index is 11.7. The van der Waals surface area contributed by atoms with Crippen LogP contribution in [0.4, 0.5) is 0 Å². The van der Waals surface area contributed by atoms with Crippen LogP contribution in [-0.4, -0.2) is 34.1 Å². The fourth-order valence-electron chi connectivity index (χ4n) is 9.79. The molecule has 5 aliphatic carbocycles. The van der Waals surface area contributed by atoms with Gasteiger partial charge >= 0.3 is 0 Å². The summed E-state index contributed by atoms with van der Waals surface area (Å²) in [6.07, 6.45) is 9.90. The molecule has 33 heavy (non-hydrogen) atoms. The van der Waals surface area contributed by atoms with Crippen LogP contribution in [0.25, 0.3) is 0 Å². The Balaban J connectivity index is 1.60. The first kappa shape index (κ1) is 24.1. The molecule has 5 rings (SSSR count). The first-order valence-corrected chi connectivity index (χ1v) is 13.6. The molecule has 0 aliphatic heterocycles. The van der Waals surface area contributed by atoms with Gasteiger partial charge in [0.15, 0.2) is 0 Å². The van der Waals surface area contributed by atoms with Gasteiger partial charge in [-0.05, 0) is 90.8 Å². The van der Waals surface area contributed by atoms with Gasteiger partial charge in [-0.25, -0.2) is 0 Å². The number of hydrogen-bond acceptors (Lipinski definition) is 3. The van der Waals surface area contributed by atoms with Crippen molar-refractivity contribution in [2.45, 2.75) is 105 Å². The summed E-state index contributed by atoms with van der Waals surface area (Å²) in [7, 11) is 0. The predicted octanol–water partition coefficient (Wildman–Crippen LogP) is 5.89. The fraction of sp³-hybridized carbons (Fsp3) is 0.867. The Morgan fingerprint density at radius 2 is 1.64 bits per heavy atom. The van der Waals surface area contributed by atoms with E-state index in [1.54, 1.807) is 0 Å². The SMILES string of the molecule is C=C1C2[C@H](O)C=C3C4CC(C)(C)CC[C@]4(CO)CC[C@@]3(C)[C@]2(C)CCC2[C@H]1C[C@H](O)C2(C)C. The molecule has 3 heteroatoms. The summed E-state index contributed by atoms with van der Waals surface area (Å²) >= 11 is 0. The summed E-state index contributed by atoms with van der Waals surface area (Å²) in [4.78, 5) is 0. The van der Waals surface area contributed by atoms with Crippen molar-refractivity contribution >= 4 is 0 Å². The molecule has 0 aromatic rings. The van der Waals surface area contributed by atoms with Crippen LogP contribution in [0.2, 0.25) is 0 Å². The molecule has 3 N–H and O–H groups in total. The van der Waals surface area contributed by atoms with Gasteiger partial charge in [-0.1, -0.05) is 65.3 Å². The maximum atomic E-state index is 11.7. The lowest BCUT2D eigenvalue weighted by Crippen LogP contribution is -2.59. The van der Waals surface area contributed by atoms with Crippen molar-refractivity contribution < 1.29 is 15.3 Å². The highest BCUT2D eigenvalue weighted by Gasteiger charge is 2.65. The van der Waals surface area contributed by atoms with Gasteiger partial charge in [-0.3, -0.25) is 0 Å². The Morgan fingerprint density at radius 1 is 0.970 bits per heavy atom. The van der Waals surface area contributed by atoms with Crippen LogP contribution in [0.5, 0.6) is 0 Å². The zero-order chi connectivity index (χ0) is 24.2. The van der Waals surface area contributed by atoms with E-state index in [4.69, 9.17) is 0 Å². The Morgan fingerprint density at radius 3 is 2.30 bits per heavy atom. The van der Waals surface area contributed by atoms with Gasteiger partial charge in [0.2, 0.25) is 0 Å². The van der Waals surface area contributed by atoms with Crippen molar-refractivity contribution in [1.29, 1.82) is 0 Å². The van der Waals surface area contributed by atoms with E-state index in [9.17, 15) is 15.3 Å². The molecule has 0 bridgehead atoms. The lowest BCUT2D eigenvalue weighted by Gasteiger charge is -2.65. The van der Waals surface area contributed by atoms with E-state index < -0.39 is 6.10 Å². The second kappa shape index (κ2) is 7.20. The van der Waals surface area contributed by atoms with Crippen LogP contribution in [-0.2, 0) is 0 Å². The zero-order valence-electron chi connectivity index (χ0n) is 22.0. The van der Waals surface area contributed by atoms with Gasteiger partial charge in [-0.2, -0.15) is 0 Å². The molecule has 0 aromatic carbocycles. The minimum Gasteiger partial charge on any atom is -0.396 e. The quantitative estimate of drug-likeness (QED) is 0.431. The van der Waals surface area contributed by atoms with Crippen molar-refractivity contribution in [2.24, 2.45) is 50.7 Å². The zero-order valence-corrected chi connectivity index (χ0v) is 22.0. The second-order valence-electron chi connectivity index (χ2n) is 14.7. The minimum atomic E-state index is -0.523. The van der Waals surface area contributed by atoms with Gasteiger partial charge < -0.3 is 15.3 Å². The molecule has 0 radical (unpaired) electrons. The average Bonchev–Trinajstić information content (AvgIpc) is 2.88. The molecule has 4 fully saturated rings. The van der Waals surface area contributed by atoms with Crippen LogP contribution in [0.3, 0.4) is 0 Å². The van der Waals surface area contributed by atoms with Gasteiger partial charge in [0.05, 0.1) is 12.2 Å². The van der Waals surface area contributed by atoms with Crippen molar-refractivity contribution in [3.8, 4) is 0 Å². The maximum Gasteiger partial charge on any atom is 0.0794 e. The van der Waals surface area contributed by atoms with Gasteiger partial charge in [0.1, 0.15) is 0 Å². The largest absolute Gasteiger partial charge is 0.396 e. The predicted molar refractivity (Wildman–Crippen MR) is 133 cm³/mol. The lowest BCUT2D eigenvalue weighted by atomic mass is 9.39. The van der Waals surface area contributed by atoms with Gasteiger partial charge in [-0.15, -0.1) is 0 Å². The minimum absolute atomic E-state index is 0.0119. The van der Waals surface area contributed by atoms with Crippen molar-refractivity contribution in [3.63, 3.8) is 0 Å². The molecular weight excluding hydrogens is 408 g/mol. The monoisotopic (exact) mass is 456 g/mol. The average molecular weight is 457 g/mol. The molecular formula is C30H48O3. The second-order valence-corrected chi connectivity index (χ2v) is 14.7. The number of allylic oxidation sites excluding steroid dienone is 1. The summed E-state index contributed by atoms with van der Waals surface area (Å²) in [6.45, 7) is 19.1. The Hall–Kier alpha value is -0.640. The highest BCUT2D eigenvalue weighted by atomic mass is 16.3. The summed E-state index contributed by atoms with van der Waals surface area (Å²) in [6, 6.07) is 0. The van der Waals surface area contributed by atoms with E-state index in [0.29, 0.717) is 17.8 Å². The van der Waals surface area contributed by atoms with E-state index in [2.05, 4.69) is 54.2 Å². The number of hydrogen-bond donors (Lipinski definition) is 3. The molecule has 3 unspecified atom stereocenters. The highest BCUT2D eigenvalue weighted by molar-refractivity contribution is 5.38. The molecule has 0 spiro atoms. The molecule has 186 valence electrons. The van der Waals surface area contributed by atoms with Crippen LogP contribution in [0.1, 0.15) is 92.9 Å². The fourth-order valence-corrected chi connectivity index (χ4v) is 9.79. The van der Waals surface area contributed by atoms with E-state index in [1.165, 1.54) is 17.6 Å². The molecule has 5 aliphatic rings. The normalized spacial score (nSPS) is 52.6. The summed E-state index contributed by atoms with van der Waals surface area (Å²) < 4.78 is 0. The van der Waals surface area contributed by atoms with Gasteiger partial charge in [0, 0.05) is 17.9 Å². The smallest absolute Gasteiger partial charge is 0.0794 e. The molecule has 0 amide bonds. The molecule has 0 saturated heterocycles. The summed E-state index contributed by atoms with van der Waals surface area (Å²) in [5.41, 5.74) is 2.74. The molecule has 4 saturated carbocycles. The lowest BCUT2D eigenvalue weighted by molar-refractivity contribution is -0.106. The number of aliphatic hydroxyl groups is 3. The van der Waals surface area contributed by atoms with Crippen molar-refractivity contribution in [3.05, 3.63) is 23.8 Å². The van der Waals surface area contributed by atoms with Crippen LogP contribution < -0.4 is 0 Å². The Bertz CT molecular complexity index is 870. The first-order chi connectivity index (χ1) is 15.2. The van der Waals surface area contributed by atoms with Crippen LogP contribution in [0.15, 0.2) is 23.8 Å². The van der Waals surface area contributed by atoms with E-state index in [-0.39, 0.29) is 45.7 Å². The Labute approximate surface area is 201 Å². The topological polar surface area (TPSA) is 60.7 Å². The molecule has 3 nitrogen and oxygen atoms in total. The number of aliphatic hydroxyl groups excluding tert-OH is 3. The van der Waals surface area contributed by atoms with E-state index in [0.717, 1.165) is 44.9 Å². The van der Waals surface area contributed by atoms with E-state index >= 15 is 0 Å². The number of fused-ring (bicyclic) bond motifs is 6. The number of rotatable bonds is 1. The van der Waals surface area contributed by atoms with E-state index in [1.807, 2.05) is 0 Å². The van der Waals surface area contributed by atoms with Crippen LogP contribution in [0, 0.1) is 50.7 Å². The standard InChI is InChI=1S/C30H48O3/c1-18-19-14-24(33)27(4,5)20(19)8-9-29(7)25(18)23(32)15-21-22-16-26(2,3)10-12-30(22,17-31)13-11-28(21,29)6/h15,19-20,22-25,31-33H,1,8-14,16-17H2,2-7H3/t19-,20?,22?,23+,24-,25?,28+,29+,30+/m0/s1. The molecule has 9 atom stereocenters. The summed E-state index contributed by atoms with van der Waals surface area (Å²) in [5, 5.41) is 33.2. The highest BCUT2D eigenvalue weighted by Crippen LogP contribution is 2.72. The first-order valence-electron chi connectivity index (χ1n) is 13.6. The summed E-state index contributed by atoms with van der Waals surface area (Å²) in [5.74, 6) is 1.12. The molecule has 0 aromatic heterocycles. The third kappa shape index (κ3) is 3.04. The van der Waals surface area contributed by atoms with Gasteiger partial charge in [0.25, 0.3) is 0 Å². The Kier molecular flexibility index (Phi) is 5.25. The third-order valence-electron chi connectivity index (χ3n) is 12.5. The van der Waals surface area contributed by atoms with Crippen molar-refractivity contribution in [2.75, 3.05) is 6.61 Å². The van der Waals surface area contributed by atoms with Crippen LogP contribution >= 0.6 is 0 Å².